The molecule has 1 aromatic carbocycles. The zero-order chi connectivity index (χ0) is 10.6. The molecule has 0 fully saturated rings. The van der Waals surface area contributed by atoms with Crippen LogP contribution in [0.5, 0.6) is 5.75 Å². The van der Waals surface area contributed by atoms with Gasteiger partial charge in [-0.1, -0.05) is 19.1 Å². The summed E-state index contributed by atoms with van der Waals surface area (Å²) in [5, 5.41) is 0. The van der Waals surface area contributed by atoms with Gasteiger partial charge in [0, 0.05) is 6.04 Å². The van der Waals surface area contributed by atoms with Crippen molar-refractivity contribution in [2.45, 2.75) is 39.3 Å². The monoisotopic (exact) mass is 193 g/mol. The molecule has 78 valence electrons. The third-order valence-electron chi connectivity index (χ3n) is 2.10. The standard InChI is InChI=1S/C12H19NO/c1-4-12(13)10-6-5-7-11(8-10)14-9(2)3/h5-9,12H,4,13H2,1-3H3/t12-/m1/s1. The molecule has 0 spiro atoms. The third-order valence-corrected chi connectivity index (χ3v) is 2.10. The van der Waals surface area contributed by atoms with Crippen LogP contribution in [0.1, 0.15) is 38.8 Å². The third kappa shape index (κ3) is 3.04. The molecule has 0 aliphatic carbocycles. The summed E-state index contributed by atoms with van der Waals surface area (Å²) in [4.78, 5) is 0. The number of rotatable bonds is 4. The first-order valence-corrected chi connectivity index (χ1v) is 5.15. The van der Waals surface area contributed by atoms with Gasteiger partial charge in [0.05, 0.1) is 6.10 Å². The Hall–Kier alpha value is -1.02. The van der Waals surface area contributed by atoms with Crippen LogP contribution in [-0.4, -0.2) is 6.10 Å². The van der Waals surface area contributed by atoms with Gasteiger partial charge < -0.3 is 10.5 Å². The van der Waals surface area contributed by atoms with E-state index < -0.39 is 0 Å². The van der Waals surface area contributed by atoms with E-state index in [1.807, 2.05) is 38.1 Å². The largest absolute Gasteiger partial charge is 0.491 e. The average Bonchev–Trinajstić information content (AvgIpc) is 2.16. The SMILES string of the molecule is CC[C@@H](N)c1cccc(OC(C)C)c1. The van der Waals surface area contributed by atoms with Crippen molar-refractivity contribution in [2.75, 3.05) is 0 Å². The van der Waals surface area contributed by atoms with Gasteiger partial charge in [-0.3, -0.25) is 0 Å². The Morgan fingerprint density at radius 3 is 2.64 bits per heavy atom. The summed E-state index contributed by atoms with van der Waals surface area (Å²) < 4.78 is 5.59. The van der Waals surface area contributed by atoms with E-state index in [0.717, 1.165) is 17.7 Å². The summed E-state index contributed by atoms with van der Waals surface area (Å²) in [6.07, 6.45) is 1.16. The fourth-order valence-corrected chi connectivity index (χ4v) is 1.33. The molecule has 1 aromatic rings. The maximum absolute atomic E-state index is 5.94. The van der Waals surface area contributed by atoms with Gasteiger partial charge in [-0.2, -0.15) is 0 Å². The topological polar surface area (TPSA) is 35.2 Å². The lowest BCUT2D eigenvalue weighted by Crippen LogP contribution is -2.10. The van der Waals surface area contributed by atoms with Crippen molar-refractivity contribution in [3.8, 4) is 5.75 Å². The van der Waals surface area contributed by atoms with E-state index in [1.54, 1.807) is 0 Å². The molecule has 0 saturated carbocycles. The molecule has 2 N–H and O–H groups in total. The maximum atomic E-state index is 5.94. The number of nitrogens with two attached hydrogens (primary N) is 1. The van der Waals surface area contributed by atoms with Gasteiger partial charge >= 0.3 is 0 Å². The Balaban J connectivity index is 2.78. The second-order valence-corrected chi connectivity index (χ2v) is 3.75. The van der Waals surface area contributed by atoms with Crippen LogP contribution >= 0.6 is 0 Å². The predicted molar refractivity (Wildman–Crippen MR) is 59.4 cm³/mol. The van der Waals surface area contributed by atoms with E-state index in [-0.39, 0.29) is 12.1 Å². The smallest absolute Gasteiger partial charge is 0.120 e. The van der Waals surface area contributed by atoms with E-state index in [9.17, 15) is 0 Å². The molecule has 0 aliphatic heterocycles. The van der Waals surface area contributed by atoms with Gasteiger partial charge in [-0.05, 0) is 38.0 Å². The molecule has 1 atom stereocenters. The summed E-state index contributed by atoms with van der Waals surface area (Å²) in [7, 11) is 0. The molecule has 0 bridgehead atoms. The minimum Gasteiger partial charge on any atom is -0.491 e. The van der Waals surface area contributed by atoms with E-state index in [4.69, 9.17) is 10.5 Å². The highest BCUT2D eigenvalue weighted by Gasteiger charge is 2.04. The lowest BCUT2D eigenvalue weighted by atomic mass is 10.1. The number of ether oxygens (including phenoxy) is 1. The zero-order valence-electron chi connectivity index (χ0n) is 9.16. The van der Waals surface area contributed by atoms with E-state index >= 15 is 0 Å². The van der Waals surface area contributed by atoms with Crippen molar-refractivity contribution in [1.29, 1.82) is 0 Å². The van der Waals surface area contributed by atoms with Gasteiger partial charge in [0.25, 0.3) is 0 Å². The molecule has 0 amide bonds. The Morgan fingerprint density at radius 1 is 1.36 bits per heavy atom. The van der Waals surface area contributed by atoms with Gasteiger partial charge in [-0.25, -0.2) is 0 Å². The maximum Gasteiger partial charge on any atom is 0.120 e. The van der Waals surface area contributed by atoms with Crippen LogP contribution < -0.4 is 10.5 Å². The normalized spacial score (nSPS) is 12.9. The van der Waals surface area contributed by atoms with Crippen LogP contribution in [-0.2, 0) is 0 Å². The molecule has 2 nitrogen and oxygen atoms in total. The molecule has 0 unspecified atom stereocenters. The molecule has 1 rings (SSSR count). The fourth-order valence-electron chi connectivity index (χ4n) is 1.33. The fraction of sp³-hybridized carbons (Fsp3) is 0.500. The second kappa shape index (κ2) is 5.01. The molecule has 0 aliphatic rings. The molecular formula is C12H19NO. The first kappa shape index (κ1) is 11.1. The van der Waals surface area contributed by atoms with Crippen LogP contribution in [0.15, 0.2) is 24.3 Å². The Bertz CT molecular complexity index is 283. The quantitative estimate of drug-likeness (QED) is 0.798. The first-order valence-electron chi connectivity index (χ1n) is 5.15. The highest BCUT2D eigenvalue weighted by molar-refractivity contribution is 5.30. The summed E-state index contributed by atoms with van der Waals surface area (Å²) in [6, 6.07) is 8.13. The Morgan fingerprint density at radius 2 is 2.07 bits per heavy atom. The highest BCUT2D eigenvalue weighted by Crippen LogP contribution is 2.20. The van der Waals surface area contributed by atoms with Gasteiger partial charge in [0.15, 0.2) is 0 Å². The van der Waals surface area contributed by atoms with E-state index in [0.29, 0.717) is 0 Å². The number of hydrogen-bond acceptors (Lipinski definition) is 2. The van der Waals surface area contributed by atoms with Crippen LogP contribution in [0.4, 0.5) is 0 Å². The van der Waals surface area contributed by atoms with Crippen LogP contribution in [0.25, 0.3) is 0 Å². The van der Waals surface area contributed by atoms with Crippen molar-refractivity contribution in [1.82, 2.24) is 0 Å². The molecular weight excluding hydrogens is 174 g/mol. The average molecular weight is 193 g/mol. The van der Waals surface area contributed by atoms with Crippen LogP contribution in [0.2, 0.25) is 0 Å². The van der Waals surface area contributed by atoms with Gasteiger partial charge in [0.1, 0.15) is 5.75 Å². The molecule has 0 saturated heterocycles. The number of benzene rings is 1. The Labute approximate surface area is 86.1 Å². The lowest BCUT2D eigenvalue weighted by Gasteiger charge is -2.13. The minimum atomic E-state index is 0.116. The van der Waals surface area contributed by atoms with Crippen LogP contribution in [0, 0.1) is 0 Å². The molecule has 14 heavy (non-hydrogen) atoms. The van der Waals surface area contributed by atoms with E-state index in [2.05, 4.69) is 6.92 Å². The Kier molecular flexibility index (Phi) is 3.96. The summed E-state index contributed by atoms with van der Waals surface area (Å²) in [5.74, 6) is 0.904. The van der Waals surface area contributed by atoms with E-state index in [1.165, 1.54) is 0 Å². The molecule has 2 heteroatoms. The summed E-state index contributed by atoms with van der Waals surface area (Å²) >= 11 is 0. The minimum absolute atomic E-state index is 0.116. The van der Waals surface area contributed by atoms with Gasteiger partial charge in [-0.15, -0.1) is 0 Å². The summed E-state index contributed by atoms with van der Waals surface area (Å²) in [6.45, 7) is 6.12. The van der Waals surface area contributed by atoms with Gasteiger partial charge in [0.2, 0.25) is 0 Å². The van der Waals surface area contributed by atoms with Crippen molar-refractivity contribution in [3.05, 3.63) is 29.8 Å². The zero-order valence-corrected chi connectivity index (χ0v) is 9.16. The lowest BCUT2D eigenvalue weighted by molar-refractivity contribution is 0.242. The first-order chi connectivity index (χ1) is 6.63. The van der Waals surface area contributed by atoms with Crippen molar-refractivity contribution in [3.63, 3.8) is 0 Å². The highest BCUT2D eigenvalue weighted by atomic mass is 16.5. The van der Waals surface area contributed by atoms with Crippen molar-refractivity contribution < 1.29 is 4.74 Å². The molecule has 0 radical (unpaired) electrons. The van der Waals surface area contributed by atoms with Crippen molar-refractivity contribution in [2.24, 2.45) is 5.73 Å². The van der Waals surface area contributed by atoms with Crippen molar-refractivity contribution >= 4 is 0 Å². The van der Waals surface area contributed by atoms with Crippen LogP contribution in [0.3, 0.4) is 0 Å². The number of hydrogen-bond donors (Lipinski definition) is 1. The molecule has 0 aromatic heterocycles. The second-order valence-electron chi connectivity index (χ2n) is 3.75. The predicted octanol–water partition coefficient (Wildman–Crippen LogP) is 2.88. The molecule has 0 heterocycles. The summed E-state index contributed by atoms with van der Waals surface area (Å²) in [5.41, 5.74) is 7.08.